The predicted molar refractivity (Wildman–Crippen MR) is 123 cm³/mol. The average molecular weight is 450 g/mol. The normalized spacial score (nSPS) is 14.8. The van der Waals surface area contributed by atoms with Crippen molar-refractivity contribution < 1.29 is 14.3 Å². The van der Waals surface area contributed by atoms with Gasteiger partial charge in [0.2, 0.25) is 5.95 Å². The van der Waals surface area contributed by atoms with E-state index in [1.54, 1.807) is 13.1 Å². The lowest BCUT2D eigenvalue weighted by molar-refractivity contribution is -0.116. The number of thiophene rings is 1. The molecule has 2 N–H and O–H groups in total. The molecule has 4 heterocycles. The molecule has 1 amide bonds. The molecule has 2 aliphatic heterocycles. The zero-order valence-electron chi connectivity index (χ0n) is 17.7. The van der Waals surface area contributed by atoms with E-state index in [-0.39, 0.29) is 11.7 Å². The van der Waals surface area contributed by atoms with Gasteiger partial charge in [-0.3, -0.25) is 9.59 Å². The highest BCUT2D eigenvalue weighted by atomic mass is 32.1. The molecule has 0 saturated carbocycles. The van der Waals surface area contributed by atoms with Gasteiger partial charge in [0.1, 0.15) is 18.1 Å². The van der Waals surface area contributed by atoms with E-state index in [0.717, 1.165) is 34.8 Å². The number of rotatable bonds is 5. The Hall–Kier alpha value is -3.30. The quantitative estimate of drug-likeness (QED) is 0.618. The molecule has 0 radical (unpaired) electrons. The first-order valence-electron chi connectivity index (χ1n) is 10.5. The maximum Gasteiger partial charge on any atom is 0.264 e. The first-order chi connectivity index (χ1) is 15.6. The van der Waals surface area contributed by atoms with Crippen molar-refractivity contribution in [3.8, 4) is 17.0 Å². The van der Waals surface area contributed by atoms with Crippen molar-refractivity contribution in [3.05, 3.63) is 51.8 Å². The third-order valence-corrected chi connectivity index (χ3v) is 6.53. The van der Waals surface area contributed by atoms with Crippen LogP contribution in [-0.4, -0.2) is 52.7 Å². The molecule has 0 bridgehead atoms. The molecule has 0 unspecified atom stereocenters. The van der Waals surface area contributed by atoms with Gasteiger partial charge in [-0.25, -0.2) is 9.97 Å². The van der Waals surface area contributed by atoms with Crippen LogP contribution in [0.15, 0.2) is 36.5 Å². The number of Topliss-reactive ketones (excluding diaryl/α,β-unsaturated/α-hetero) is 1. The number of benzene rings is 1. The highest BCUT2D eigenvalue weighted by Crippen LogP contribution is 2.41. The minimum atomic E-state index is 0.0575. The summed E-state index contributed by atoms with van der Waals surface area (Å²) >= 11 is 1.47. The van der Waals surface area contributed by atoms with E-state index < -0.39 is 0 Å². The fraction of sp³-hybridized carbons (Fsp3) is 0.304. The van der Waals surface area contributed by atoms with Crippen LogP contribution in [-0.2, 0) is 17.8 Å². The van der Waals surface area contributed by atoms with Gasteiger partial charge < -0.3 is 20.3 Å². The maximum absolute atomic E-state index is 12.9. The Bertz CT molecular complexity index is 1190. The van der Waals surface area contributed by atoms with Gasteiger partial charge in [-0.05, 0) is 30.7 Å². The van der Waals surface area contributed by atoms with Crippen molar-refractivity contribution >= 4 is 34.7 Å². The molecule has 32 heavy (non-hydrogen) atoms. The van der Waals surface area contributed by atoms with Crippen LogP contribution in [0.2, 0.25) is 0 Å². The molecule has 1 aromatic carbocycles. The summed E-state index contributed by atoms with van der Waals surface area (Å²) in [6.07, 6.45) is 2.04. The number of amides is 1. The van der Waals surface area contributed by atoms with Crippen molar-refractivity contribution in [1.82, 2.24) is 20.2 Å². The van der Waals surface area contributed by atoms with Gasteiger partial charge in [0, 0.05) is 43.9 Å². The molecule has 2 aromatic heterocycles. The lowest BCUT2D eigenvalue weighted by atomic mass is 10.1. The van der Waals surface area contributed by atoms with Crippen LogP contribution in [0.3, 0.4) is 0 Å². The van der Waals surface area contributed by atoms with Crippen LogP contribution >= 0.6 is 11.3 Å². The van der Waals surface area contributed by atoms with Gasteiger partial charge in [-0.15, -0.1) is 11.3 Å². The van der Waals surface area contributed by atoms with E-state index in [9.17, 15) is 9.59 Å². The number of piperazine rings is 1. The third-order valence-electron chi connectivity index (χ3n) is 5.43. The minimum absolute atomic E-state index is 0.0575. The van der Waals surface area contributed by atoms with E-state index in [1.807, 2.05) is 35.2 Å². The minimum Gasteiger partial charge on any atom is -0.484 e. The Morgan fingerprint density at radius 3 is 2.91 bits per heavy atom. The Morgan fingerprint density at radius 2 is 2.09 bits per heavy atom. The van der Waals surface area contributed by atoms with E-state index in [0.29, 0.717) is 48.4 Å². The Labute approximate surface area is 189 Å². The summed E-state index contributed by atoms with van der Waals surface area (Å²) in [7, 11) is 0. The largest absolute Gasteiger partial charge is 0.484 e. The van der Waals surface area contributed by atoms with Gasteiger partial charge in [0.15, 0.2) is 5.75 Å². The average Bonchev–Trinajstić information content (AvgIpc) is 3.24. The second-order valence-electron chi connectivity index (χ2n) is 7.89. The van der Waals surface area contributed by atoms with Crippen molar-refractivity contribution in [2.24, 2.45) is 0 Å². The second kappa shape index (κ2) is 8.68. The number of carbonyl (C=O) groups is 2. The summed E-state index contributed by atoms with van der Waals surface area (Å²) in [5, 5.41) is 6.48. The molecule has 1 saturated heterocycles. The van der Waals surface area contributed by atoms with Crippen molar-refractivity contribution in [3.63, 3.8) is 0 Å². The number of nitrogens with one attached hydrogen (secondary N) is 2. The number of anilines is 2. The summed E-state index contributed by atoms with van der Waals surface area (Å²) in [5.74, 6) is 1.20. The topological polar surface area (TPSA) is 96.5 Å². The lowest BCUT2D eigenvalue weighted by Gasteiger charge is -2.26. The summed E-state index contributed by atoms with van der Waals surface area (Å²) in [6, 6.07) is 9.57. The molecule has 3 aromatic rings. The van der Waals surface area contributed by atoms with Crippen LogP contribution in [0.25, 0.3) is 11.3 Å². The number of hydrogen-bond donors (Lipinski definition) is 2. The summed E-state index contributed by atoms with van der Waals surface area (Å²) in [5.41, 5.74) is 3.34. The number of nitrogens with zero attached hydrogens (tertiary/aromatic N) is 3. The number of carbonyl (C=O) groups excluding carboxylic acids is 2. The van der Waals surface area contributed by atoms with Gasteiger partial charge >= 0.3 is 0 Å². The molecule has 8 nitrogen and oxygen atoms in total. The summed E-state index contributed by atoms with van der Waals surface area (Å²) in [6.45, 7) is 5.05. The van der Waals surface area contributed by atoms with E-state index in [4.69, 9.17) is 4.74 Å². The molecular formula is C23H23N5O3S. The third kappa shape index (κ3) is 4.21. The fourth-order valence-corrected chi connectivity index (χ4v) is 4.96. The molecule has 2 aliphatic rings. The van der Waals surface area contributed by atoms with Gasteiger partial charge in [0.05, 0.1) is 16.0 Å². The monoisotopic (exact) mass is 449 g/mol. The number of aromatic nitrogens is 2. The molecule has 1 fully saturated rings. The number of ether oxygens (including phenoxy) is 1. The first kappa shape index (κ1) is 20.6. The molecule has 0 spiro atoms. The standard InChI is InChI=1S/C23H23N5O3S/c1-14(29)9-15-3-2-4-16(10-15)26-23-25-12-18-21(27-23)17-11-19(32-20(17)13-31-18)22(30)28-7-5-24-6-8-28/h2-4,10-12,24H,5-9,13H2,1H3,(H,25,26,27). The van der Waals surface area contributed by atoms with Gasteiger partial charge in [-0.1, -0.05) is 12.1 Å². The number of ketones is 1. The zero-order valence-corrected chi connectivity index (χ0v) is 18.5. The molecule has 9 heteroatoms. The Kier molecular flexibility index (Phi) is 5.59. The van der Waals surface area contributed by atoms with E-state index >= 15 is 0 Å². The van der Waals surface area contributed by atoms with Crippen molar-refractivity contribution in [1.29, 1.82) is 0 Å². The van der Waals surface area contributed by atoms with Crippen LogP contribution in [0.4, 0.5) is 11.6 Å². The highest BCUT2D eigenvalue weighted by molar-refractivity contribution is 7.14. The van der Waals surface area contributed by atoms with E-state index in [2.05, 4.69) is 20.6 Å². The number of fused-ring (bicyclic) bond motifs is 3. The molecule has 164 valence electrons. The van der Waals surface area contributed by atoms with Crippen molar-refractivity contribution in [2.45, 2.75) is 20.0 Å². The van der Waals surface area contributed by atoms with Gasteiger partial charge in [-0.2, -0.15) is 0 Å². The van der Waals surface area contributed by atoms with Gasteiger partial charge in [0.25, 0.3) is 5.91 Å². The molecule has 0 aliphatic carbocycles. The highest BCUT2D eigenvalue weighted by Gasteiger charge is 2.27. The van der Waals surface area contributed by atoms with Crippen LogP contribution < -0.4 is 15.4 Å². The molecule has 5 rings (SSSR count). The predicted octanol–water partition coefficient (Wildman–Crippen LogP) is 3.02. The van der Waals surface area contributed by atoms with Crippen molar-refractivity contribution in [2.75, 3.05) is 31.5 Å². The fourth-order valence-electron chi connectivity index (χ4n) is 3.91. The zero-order chi connectivity index (χ0) is 22.1. The molecule has 0 atom stereocenters. The first-order valence-corrected chi connectivity index (χ1v) is 11.4. The van der Waals surface area contributed by atoms with Crippen LogP contribution in [0, 0.1) is 0 Å². The SMILES string of the molecule is CC(=O)Cc1cccc(Nc2ncc3c(n2)-c2cc(C(=O)N4CCNCC4)sc2CO3)c1. The maximum atomic E-state index is 12.9. The lowest BCUT2D eigenvalue weighted by Crippen LogP contribution is -2.46. The summed E-state index contributed by atoms with van der Waals surface area (Å²) < 4.78 is 5.84. The smallest absolute Gasteiger partial charge is 0.264 e. The second-order valence-corrected chi connectivity index (χ2v) is 9.03. The van der Waals surface area contributed by atoms with E-state index in [1.165, 1.54) is 11.3 Å². The Balaban J connectivity index is 1.41. The Morgan fingerprint density at radius 1 is 1.25 bits per heavy atom. The van der Waals surface area contributed by atoms with Crippen LogP contribution in [0.5, 0.6) is 5.75 Å². The molecular weight excluding hydrogens is 426 g/mol. The summed E-state index contributed by atoms with van der Waals surface area (Å²) in [4.78, 5) is 37.0. The van der Waals surface area contributed by atoms with Crippen LogP contribution in [0.1, 0.15) is 27.0 Å². The number of hydrogen-bond acceptors (Lipinski definition) is 8.